The maximum Gasteiger partial charge on any atom is 0.230 e. The molecule has 1 aromatic rings. The number of halogens is 1. The maximum absolute atomic E-state index is 12.4. The van der Waals surface area contributed by atoms with Crippen molar-refractivity contribution >= 4 is 43.0 Å². The van der Waals surface area contributed by atoms with Gasteiger partial charge in [-0.2, -0.15) is 0 Å². The summed E-state index contributed by atoms with van der Waals surface area (Å²) in [7, 11) is -1.51. The molecule has 3 atom stereocenters. The fraction of sp³-hybridized carbons (Fsp3) is 0.615. The Balaban J connectivity index is 2.86. The van der Waals surface area contributed by atoms with Crippen molar-refractivity contribution in [2.45, 2.75) is 38.0 Å². The summed E-state index contributed by atoms with van der Waals surface area (Å²) in [5, 5.41) is -0.585. The topological polar surface area (TPSA) is 54.5 Å². The van der Waals surface area contributed by atoms with Gasteiger partial charge in [0.2, 0.25) is 5.91 Å². The third-order valence-corrected chi connectivity index (χ3v) is 7.26. The van der Waals surface area contributed by atoms with Crippen molar-refractivity contribution in [3.05, 3.63) is 20.8 Å². The zero-order chi connectivity index (χ0) is 15.7. The number of likely N-dealkylation sites (N-methyl/N-ethyl adjacent to an activating group) is 1. The average Bonchev–Trinajstić information content (AvgIpc) is 2.79. The van der Waals surface area contributed by atoms with Gasteiger partial charge in [-0.05, 0) is 48.8 Å². The molecule has 0 aliphatic heterocycles. The number of nitrogens with zero attached hydrogens (tertiary/aromatic N) is 1. The summed E-state index contributed by atoms with van der Waals surface area (Å²) in [5.74, 6) is -0.340. The van der Waals surface area contributed by atoms with Crippen molar-refractivity contribution < 1.29 is 13.2 Å². The second-order valence-electron chi connectivity index (χ2n) is 5.09. The number of rotatable bonds is 5. The van der Waals surface area contributed by atoms with Crippen LogP contribution in [0, 0.1) is 0 Å². The van der Waals surface area contributed by atoms with Crippen molar-refractivity contribution in [3.8, 4) is 0 Å². The molecule has 4 nitrogen and oxygen atoms in total. The molecule has 1 rings (SSSR count). The highest BCUT2D eigenvalue weighted by atomic mass is 79.9. The standard InChI is InChI=1S/C13H20BrNO3S2/c1-8(11-6-7-12(14)19-11)13(16)15(4)9(2)10(3)20(5,17)18/h6-10H,1-5H3/t8-,9+,10-/m0/s1. The molecule has 114 valence electrons. The molecule has 1 amide bonds. The fourth-order valence-electron chi connectivity index (χ4n) is 1.86. The minimum absolute atomic E-state index is 0.0673. The first kappa shape index (κ1) is 17.7. The molecule has 0 N–H and O–H groups in total. The van der Waals surface area contributed by atoms with Crippen LogP contribution in [0.15, 0.2) is 15.9 Å². The van der Waals surface area contributed by atoms with Crippen molar-refractivity contribution in [1.82, 2.24) is 4.90 Å². The van der Waals surface area contributed by atoms with E-state index in [0.29, 0.717) is 0 Å². The smallest absolute Gasteiger partial charge is 0.230 e. The molecule has 0 aromatic carbocycles. The van der Waals surface area contributed by atoms with Crippen molar-refractivity contribution in [2.75, 3.05) is 13.3 Å². The Labute approximate surface area is 133 Å². The quantitative estimate of drug-likeness (QED) is 0.787. The Morgan fingerprint density at radius 2 is 1.85 bits per heavy atom. The highest BCUT2D eigenvalue weighted by Gasteiger charge is 2.30. The van der Waals surface area contributed by atoms with Crippen LogP contribution in [0.1, 0.15) is 31.6 Å². The lowest BCUT2D eigenvalue weighted by Crippen LogP contribution is -2.45. The molecule has 1 heterocycles. The predicted octanol–water partition coefficient (Wildman–Crippen LogP) is 2.89. The lowest BCUT2D eigenvalue weighted by molar-refractivity contribution is -0.132. The van der Waals surface area contributed by atoms with Crippen LogP contribution in [0.25, 0.3) is 0 Å². The fourth-order valence-corrected chi connectivity index (χ4v) is 4.23. The van der Waals surface area contributed by atoms with Crippen LogP contribution in [-0.2, 0) is 14.6 Å². The Bertz CT molecular complexity index is 582. The number of carbonyl (C=O) groups excluding carboxylic acids is 1. The van der Waals surface area contributed by atoms with Crippen LogP contribution in [0.3, 0.4) is 0 Å². The van der Waals surface area contributed by atoms with Crippen LogP contribution >= 0.6 is 27.3 Å². The molecule has 0 aliphatic carbocycles. The van der Waals surface area contributed by atoms with E-state index in [1.807, 2.05) is 19.1 Å². The van der Waals surface area contributed by atoms with Crippen LogP contribution in [0.4, 0.5) is 0 Å². The Hall–Kier alpha value is -0.400. The summed E-state index contributed by atoms with van der Waals surface area (Å²) in [5.41, 5.74) is 0. The van der Waals surface area contributed by atoms with Crippen LogP contribution in [-0.4, -0.2) is 43.8 Å². The van der Waals surface area contributed by atoms with E-state index in [4.69, 9.17) is 0 Å². The van der Waals surface area contributed by atoms with E-state index in [0.717, 1.165) is 8.66 Å². The van der Waals surface area contributed by atoms with Gasteiger partial charge in [-0.3, -0.25) is 4.79 Å². The number of thiophene rings is 1. The van der Waals surface area contributed by atoms with Crippen molar-refractivity contribution in [1.29, 1.82) is 0 Å². The number of hydrogen-bond donors (Lipinski definition) is 0. The first-order valence-corrected chi connectivity index (χ1v) is 9.83. The molecule has 20 heavy (non-hydrogen) atoms. The summed E-state index contributed by atoms with van der Waals surface area (Å²) in [4.78, 5) is 14.9. The number of carbonyl (C=O) groups is 1. The first-order chi connectivity index (χ1) is 9.05. The predicted molar refractivity (Wildman–Crippen MR) is 87.0 cm³/mol. The number of sulfone groups is 1. The summed E-state index contributed by atoms with van der Waals surface area (Å²) in [6.45, 7) is 5.24. The number of amides is 1. The first-order valence-electron chi connectivity index (χ1n) is 6.26. The van der Waals surface area contributed by atoms with Crippen molar-refractivity contribution in [3.63, 3.8) is 0 Å². The summed E-state index contributed by atoms with van der Waals surface area (Å²) < 4.78 is 24.2. The highest BCUT2D eigenvalue weighted by molar-refractivity contribution is 9.11. The molecule has 0 radical (unpaired) electrons. The molecule has 0 unspecified atom stereocenters. The normalized spacial score (nSPS) is 16.5. The lowest BCUT2D eigenvalue weighted by atomic mass is 10.1. The Morgan fingerprint density at radius 1 is 1.30 bits per heavy atom. The Morgan fingerprint density at radius 3 is 2.25 bits per heavy atom. The van der Waals surface area contributed by atoms with Crippen LogP contribution < -0.4 is 0 Å². The minimum atomic E-state index is -3.17. The van der Waals surface area contributed by atoms with Gasteiger partial charge in [-0.1, -0.05) is 0 Å². The summed E-state index contributed by atoms with van der Waals surface area (Å²) in [6.07, 6.45) is 1.20. The maximum atomic E-state index is 12.4. The van der Waals surface area contributed by atoms with E-state index in [2.05, 4.69) is 15.9 Å². The second-order valence-corrected chi connectivity index (χ2v) is 9.99. The molecular formula is C13H20BrNO3S2. The largest absolute Gasteiger partial charge is 0.341 e. The lowest BCUT2D eigenvalue weighted by Gasteiger charge is -2.30. The second kappa shape index (κ2) is 6.58. The molecule has 0 spiro atoms. The monoisotopic (exact) mass is 381 g/mol. The zero-order valence-electron chi connectivity index (χ0n) is 12.3. The van der Waals surface area contributed by atoms with Gasteiger partial charge in [-0.25, -0.2) is 8.42 Å². The molecule has 0 aliphatic rings. The van der Waals surface area contributed by atoms with Gasteiger partial charge in [-0.15, -0.1) is 11.3 Å². The van der Waals surface area contributed by atoms with E-state index in [1.54, 1.807) is 20.9 Å². The van der Waals surface area contributed by atoms with E-state index in [9.17, 15) is 13.2 Å². The summed E-state index contributed by atoms with van der Waals surface area (Å²) >= 11 is 4.90. The van der Waals surface area contributed by atoms with E-state index >= 15 is 0 Å². The van der Waals surface area contributed by atoms with Gasteiger partial charge in [0, 0.05) is 24.2 Å². The molecule has 1 aromatic heterocycles. The van der Waals surface area contributed by atoms with Gasteiger partial charge in [0.25, 0.3) is 0 Å². The molecule has 0 saturated carbocycles. The molecule has 7 heteroatoms. The molecule has 0 bridgehead atoms. The van der Waals surface area contributed by atoms with Gasteiger partial charge in [0.05, 0.1) is 15.0 Å². The third-order valence-electron chi connectivity index (χ3n) is 3.70. The SMILES string of the molecule is C[C@H](C(=O)N(C)[C@H](C)[C@H](C)S(C)(=O)=O)c1ccc(Br)s1. The van der Waals surface area contributed by atoms with E-state index in [1.165, 1.54) is 22.5 Å². The van der Waals surface area contributed by atoms with Gasteiger partial charge in [0.1, 0.15) is 0 Å². The van der Waals surface area contributed by atoms with Gasteiger partial charge < -0.3 is 4.90 Å². The van der Waals surface area contributed by atoms with Gasteiger partial charge >= 0.3 is 0 Å². The summed E-state index contributed by atoms with van der Waals surface area (Å²) in [6, 6.07) is 3.46. The molecule has 0 fully saturated rings. The number of hydrogen-bond acceptors (Lipinski definition) is 4. The highest BCUT2D eigenvalue weighted by Crippen LogP contribution is 2.30. The zero-order valence-corrected chi connectivity index (χ0v) is 15.5. The van der Waals surface area contributed by atoms with Crippen LogP contribution in [0.2, 0.25) is 0 Å². The van der Waals surface area contributed by atoms with E-state index < -0.39 is 15.1 Å². The average molecular weight is 382 g/mol. The third kappa shape index (κ3) is 4.05. The molecular weight excluding hydrogens is 362 g/mol. The minimum Gasteiger partial charge on any atom is -0.341 e. The van der Waals surface area contributed by atoms with E-state index in [-0.39, 0.29) is 17.9 Å². The Kier molecular flexibility index (Phi) is 5.80. The molecule has 0 saturated heterocycles. The van der Waals surface area contributed by atoms with Crippen LogP contribution in [0.5, 0.6) is 0 Å². The van der Waals surface area contributed by atoms with Crippen molar-refractivity contribution in [2.24, 2.45) is 0 Å². The van der Waals surface area contributed by atoms with Gasteiger partial charge in [0.15, 0.2) is 9.84 Å².